The van der Waals surface area contributed by atoms with Crippen LogP contribution >= 0.6 is 0 Å². The van der Waals surface area contributed by atoms with E-state index >= 15 is 0 Å². The molecule has 0 amide bonds. The molecule has 6 nitrogen and oxygen atoms in total. The number of imidazole rings is 1. The molecule has 3 aromatic rings. The highest BCUT2D eigenvalue weighted by Crippen LogP contribution is 2.16. The van der Waals surface area contributed by atoms with Gasteiger partial charge in [-0.1, -0.05) is 31.1 Å². The summed E-state index contributed by atoms with van der Waals surface area (Å²) in [5.41, 5.74) is 2.23. The van der Waals surface area contributed by atoms with Crippen LogP contribution in [-0.4, -0.2) is 26.2 Å². The van der Waals surface area contributed by atoms with Crippen molar-refractivity contribution >= 4 is 17.0 Å². The van der Waals surface area contributed by atoms with Crippen LogP contribution in [-0.2, 0) is 6.54 Å². The quantitative estimate of drug-likeness (QED) is 0.707. The van der Waals surface area contributed by atoms with E-state index in [4.69, 9.17) is 4.52 Å². The molecule has 0 saturated heterocycles. The van der Waals surface area contributed by atoms with Crippen LogP contribution in [0.15, 0.2) is 28.8 Å². The van der Waals surface area contributed by atoms with E-state index in [1.54, 1.807) is 0 Å². The third-order valence-corrected chi connectivity index (χ3v) is 3.64. The van der Waals surface area contributed by atoms with Crippen molar-refractivity contribution < 1.29 is 4.52 Å². The molecule has 0 aliphatic rings. The fraction of sp³-hybridized carbons (Fsp3) is 0.438. The summed E-state index contributed by atoms with van der Waals surface area (Å²) < 4.78 is 7.41. The number of fused-ring (bicyclic) bond motifs is 1. The number of para-hydroxylation sites is 2. The first kappa shape index (κ1) is 14.6. The monoisotopic (exact) mass is 299 g/mol. The van der Waals surface area contributed by atoms with E-state index in [1.807, 2.05) is 39.0 Å². The Morgan fingerprint density at radius 1 is 1.23 bits per heavy atom. The normalized spacial score (nSPS) is 11.5. The van der Waals surface area contributed by atoms with Crippen molar-refractivity contribution in [3.63, 3.8) is 0 Å². The van der Waals surface area contributed by atoms with E-state index in [9.17, 15) is 0 Å². The Kier molecular flexibility index (Phi) is 4.09. The van der Waals surface area contributed by atoms with E-state index in [0.717, 1.165) is 36.7 Å². The van der Waals surface area contributed by atoms with Crippen LogP contribution in [0.4, 0.5) is 6.01 Å². The number of hydrogen-bond donors (Lipinski definition) is 1. The summed E-state index contributed by atoms with van der Waals surface area (Å²) in [7, 11) is 0. The summed E-state index contributed by atoms with van der Waals surface area (Å²) in [5, 5.41) is 7.11. The molecule has 1 N–H and O–H groups in total. The molecule has 3 rings (SSSR count). The fourth-order valence-electron chi connectivity index (χ4n) is 2.45. The highest BCUT2D eigenvalue weighted by atomic mass is 16.5. The molecule has 0 radical (unpaired) electrons. The molecule has 2 aromatic heterocycles. The van der Waals surface area contributed by atoms with Gasteiger partial charge >= 0.3 is 6.01 Å². The highest BCUT2D eigenvalue weighted by Gasteiger charge is 2.09. The largest absolute Gasteiger partial charge is 0.338 e. The molecule has 6 heteroatoms. The first-order valence-electron chi connectivity index (χ1n) is 7.64. The van der Waals surface area contributed by atoms with Crippen LogP contribution in [0.3, 0.4) is 0 Å². The average Bonchev–Trinajstić information content (AvgIpc) is 3.08. The van der Waals surface area contributed by atoms with Gasteiger partial charge in [0, 0.05) is 19.0 Å². The zero-order chi connectivity index (χ0) is 15.5. The Labute approximate surface area is 129 Å². The van der Waals surface area contributed by atoms with Crippen molar-refractivity contribution in [2.45, 2.75) is 39.7 Å². The van der Waals surface area contributed by atoms with Crippen LogP contribution in [0.25, 0.3) is 11.0 Å². The second kappa shape index (κ2) is 6.17. The van der Waals surface area contributed by atoms with Gasteiger partial charge in [0.1, 0.15) is 5.82 Å². The second-order valence-corrected chi connectivity index (χ2v) is 5.69. The minimum atomic E-state index is 0.277. The standard InChI is InChI=1S/C16H21N5O/c1-11(2)15-19-16(22-20-15)17-9-6-10-21-12(3)18-13-7-4-5-8-14(13)21/h4-5,7-8,11H,6,9-10H2,1-3H3,(H,17,19,20). The maximum Gasteiger partial charge on any atom is 0.321 e. The van der Waals surface area contributed by atoms with Crippen molar-refractivity contribution in [2.75, 3.05) is 11.9 Å². The van der Waals surface area contributed by atoms with E-state index in [1.165, 1.54) is 5.52 Å². The third kappa shape index (κ3) is 2.95. The fourth-order valence-corrected chi connectivity index (χ4v) is 2.45. The molecule has 0 spiro atoms. The topological polar surface area (TPSA) is 68.8 Å². The Hall–Kier alpha value is -2.37. The van der Waals surface area contributed by atoms with Crippen molar-refractivity contribution in [2.24, 2.45) is 0 Å². The molecule has 0 atom stereocenters. The molecule has 0 bridgehead atoms. The van der Waals surface area contributed by atoms with Gasteiger partial charge in [-0.2, -0.15) is 4.98 Å². The number of aromatic nitrogens is 4. The van der Waals surface area contributed by atoms with Crippen molar-refractivity contribution in [1.82, 2.24) is 19.7 Å². The smallest absolute Gasteiger partial charge is 0.321 e. The van der Waals surface area contributed by atoms with Gasteiger partial charge < -0.3 is 14.4 Å². The first-order chi connectivity index (χ1) is 10.6. The lowest BCUT2D eigenvalue weighted by Crippen LogP contribution is -2.08. The summed E-state index contributed by atoms with van der Waals surface area (Å²) in [4.78, 5) is 8.88. The van der Waals surface area contributed by atoms with Gasteiger partial charge in [-0.25, -0.2) is 4.98 Å². The molecule has 0 unspecified atom stereocenters. The molecule has 1 aromatic carbocycles. The van der Waals surface area contributed by atoms with Gasteiger partial charge in [0.25, 0.3) is 0 Å². The number of nitrogens with zero attached hydrogens (tertiary/aromatic N) is 4. The number of nitrogens with one attached hydrogen (secondary N) is 1. The maximum atomic E-state index is 5.17. The van der Waals surface area contributed by atoms with Crippen LogP contribution in [0.1, 0.15) is 37.8 Å². The minimum absolute atomic E-state index is 0.277. The average molecular weight is 299 g/mol. The highest BCUT2D eigenvalue weighted by molar-refractivity contribution is 5.75. The van der Waals surface area contributed by atoms with Crippen LogP contribution < -0.4 is 5.32 Å². The zero-order valence-corrected chi connectivity index (χ0v) is 13.2. The molecule has 0 aliphatic heterocycles. The van der Waals surface area contributed by atoms with Crippen molar-refractivity contribution in [1.29, 1.82) is 0 Å². The van der Waals surface area contributed by atoms with Gasteiger partial charge in [0.2, 0.25) is 0 Å². The number of aryl methyl sites for hydroxylation is 2. The summed E-state index contributed by atoms with van der Waals surface area (Å²) in [6.45, 7) is 7.82. The lowest BCUT2D eigenvalue weighted by Gasteiger charge is -2.06. The Morgan fingerprint density at radius 3 is 2.82 bits per heavy atom. The van der Waals surface area contributed by atoms with E-state index in [0.29, 0.717) is 6.01 Å². The lowest BCUT2D eigenvalue weighted by atomic mass is 10.2. The number of hydrogen-bond acceptors (Lipinski definition) is 5. The molecule has 0 saturated carbocycles. The summed E-state index contributed by atoms with van der Waals surface area (Å²) >= 11 is 0. The van der Waals surface area contributed by atoms with Crippen LogP contribution in [0, 0.1) is 6.92 Å². The predicted octanol–water partition coefficient (Wildman–Crippen LogP) is 3.35. The summed E-state index contributed by atoms with van der Waals surface area (Å²) in [6.07, 6.45) is 0.959. The number of rotatable bonds is 6. The van der Waals surface area contributed by atoms with Gasteiger partial charge in [-0.3, -0.25) is 0 Å². The SMILES string of the molecule is Cc1nc2ccccc2n1CCCNc1nc(C(C)C)no1. The van der Waals surface area contributed by atoms with E-state index in [2.05, 4.69) is 31.1 Å². The Morgan fingerprint density at radius 2 is 2.05 bits per heavy atom. The molecular formula is C16H21N5O. The predicted molar refractivity (Wildman–Crippen MR) is 86.0 cm³/mol. The Balaban J connectivity index is 1.57. The molecule has 0 fully saturated rings. The van der Waals surface area contributed by atoms with Crippen molar-refractivity contribution in [3.8, 4) is 0 Å². The molecule has 0 aliphatic carbocycles. The molecule has 116 valence electrons. The van der Waals surface area contributed by atoms with Gasteiger partial charge in [-0.05, 0) is 25.5 Å². The zero-order valence-electron chi connectivity index (χ0n) is 13.2. The Bertz CT molecular complexity index is 759. The van der Waals surface area contributed by atoms with Gasteiger partial charge in [0.15, 0.2) is 5.82 Å². The minimum Gasteiger partial charge on any atom is -0.338 e. The number of anilines is 1. The maximum absolute atomic E-state index is 5.17. The van der Waals surface area contributed by atoms with Gasteiger partial charge in [-0.15, -0.1) is 0 Å². The molecule has 22 heavy (non-hydrogen) atoms. The third-order valence-electron chi connectivity index (χ3n) is 3.64. The van der Waals surface area contributed by atoms with Crippen molar-refractivity contribution in [3.05, 3.63) is 35.9 Å². The lowest BCUT2D eigenvalue weighted by molar-refractivity contribution is 0.418. The van der Waals surface area contributed by atoms with E-state index in [-0.39, 0.29) is 5.92 Å². The summed E-state index contributed by atoms with van der Waals surface area (Å²) in [5.74, 6) is 2.05. The first-order valence-corrected chi connectivity index (χ1v) is 7.64. The second-order valence-electron chi connectivity index (χ2n) is 5.69. The van der Waals surface area contributed by atoms with Crippen LogP contribution in [0.2, 0.25) is 0 Å². The van der Waals surface area contributed by atoms with Gasteiger partial charge in [0.05, 0.1) is 11.0 Å². The molecule has 2 heterocycles. The van der Waals surface area contributed by atoms with Crippen LogP contribution in [0.5, 0.6) is 0 Å². The number of benzene rings is 1. The summed E-state index contributed by atoms with van der Waals surface area (Å²) in [6, 6.07) is 8.71. The van der Waals surface area contributed by atoms with E-state index < -0.39 is 0 Å². The molecular weight excluding hydrogens is 278 g/mol.